The van der Waals surface area contributed by atoms with Crippen LogP contribution in [-0.4, -0.2) is 6.54 Å². The standard InChI is InChI=1S/C15H21BrFN/c16-15-10-14(17)8-7-13(15)11-18-9-3-6-12-4-1-2-5-12/h7-8,10,12,18H,1-6,9,11H2. The highest BCUT2D eigenvalue weighted by Crippen LogP contribution is 2.28. The highest BCUT2D eigenvalue weighted by atomic mass is 79.9. The van der Waals surface area contributed by atoms with Crippen molar-refractivity contribution in [3.8, 4) is 0 Å². The average Bonchev–Trinajstić information content (AvgIpc) is 2.84. The quantitative estimate of drug-likeness (QED) is 0.754. The van der Waals surface area contributed by atoms with Crippen LogP contribution in [0.1, 0.15) is 44.1 Å². The highest BCUT2D eigenvalue weighted by molar-refractivity contribution is 9.10. The summed E-state index contributed by atoms with van der Waals surface area (Å²) in [6.45, 7) is 1.87. The van der Waals surface area contributed by atoms with Gasteiger partial charge in [-0.05, 0) is 43.0 Å². The minimum absolute atomic E-state index is 0.188. The van der Waals surface area contributed by atoms with E-state index >= 15 is 0 Å². The summed E-state index contributed by atoms with van der Waals surface area (Å²) < 4.78 is 13.8. The van der Waals surface area contributed by atoms with Crippen LogP contribution >= 0.6 is 15.9 Å². The van der Waals surface area contributed by atoms with Crippen LogP contribution < -0.4 is 5.32 Å². The van der Waals surface area contributed by atoms with E-state index in [0.717, 1.165) is 29.0 Å². The molecule has 0 spiro atoms. The first-order valence-electron chi connectivity index (χ1n) is 6.90. The molecule has 0 atom stereocenters. The Bertz CT molecular complexity index is 375. The molecule has 1 fully saturated rings. The fourth-order valence-electron chi connectivity index (χ4n) is 2.70. The second kappa shape index (κ2) is 7.25. The Hall–Kier alpha value is -0.410. The summed E-state index contributed by atoms with van der Waals surface area (Å²) in [6.07, 6.45) is 8.34. The lowest BCUT2D eigenvalue weighted by Crippen LogP contribution is -2.15. The zero-order valence-corrected chi connectivity index (χ0v) is 12.3. The second-order valence-corrected chi connectivity index (χ2v) is 6.06. The molecule has 1 aromatic rings. The largest absolute Gasteiger partial charge is 0.313 e. The van der Waals surface area contributed by atoms with E-state index in [1.807, 2.05) is 6.07 Å². The normalized spacial score (nSPS) is 16.3. The number of nitrogens with one attached hydrogen (secondary N) is 1. The van der Waals surface area contributed by atoms with Crippen molar-refractivity contribution >= 4 is 15.9 Å². The van der Waals surface area contributed by atoms with Crippen LogP contribution in [0.3, 0.4) is 0 Å². The zero-order valence-electron chi connectivity index (χ0n) is 10.7. The third-order valence-corrected chi connectivity index (χ3v) is 4.51. The maximum absolute atomic E-state index is 12.9. The topological polar surface area (TPSA) is 12.0 Å². The van der Waals surface area contributed by atoms with Crippen LogP contribution in [0.25, 0.3) is 0 Å². The summed E-state index contributed by atoms with van der Waals surface area (Å²) in [4.78, 5) is 0. The molecule has 1 saturated carbocycles. The molecule has 0 aromatic heterocycles. The van der Waals surface area contributed by atoms with Crippen molar-refractivity contribution in [3.63, 3.8) is 0 Å². The molecule has 0 bridgehead atoms. The first-order valence-corrected chi connectivity index (χ1v) is 7.69. The second-order valence-electron chi connectivity index (χ2n) is 5.21. The minimum Gasteiger partial charge on any atom is -0.313 e. The zero-order chi connectivity index (χ0) is 12.8. The molecule has 3 heteroatoms. The molecule has 1 aromatic carbocycles. The lowest BCUT2D eigenvalue weighted by atomic mass is 10.0. The molecule has 2 rings (SSSR count). The van der Waals surface area contributed by atoms with Crippen molar-refractivity contribution in [3.05, 3.63) is 34.1 Å². The van der Waals surface area contributed by atoms with E-state index < -0.39 is 0 Å². The Morgan fingerprint density at radius 2 is 2.06 bits per heavy atom. The molecule has 1 aliphatic rings. The summed E-state index contributed by atoms with van der Waals surface area (Å²) in [5, 5.41) is 3.43. The molecule has 0 saturated heterocycles. The third kappa shape index (κ3) is 4.36. The Morgan fingerprint density at radius 3 is 2.78 bits per heavy atom. The number of benzene rings is 1. The highest BCUT2D eigenvalue weighted by Gasteiger charge is 2.13. The predicted molar refractivity (Wildman–Crippen MR) is 77.0 cm³/mol. The van der Waals surface area contributed by atoms with E-state index in [-0.39, 0.29) is 5.82 Å². The van der Waals surface area contributed by atoms with Gasteiger partial charge in [-0.2, -0.15) is 0 Å². The molecular weight excluding hydrogens is 293 g/mol. The summed E-state index contributed by atoms with van der Waals surface area (Å²) in [6, 6.07) is 4.87. The third-order valence-electron chi connectivity index (χ3n) is 3.77. The minimum atomic E-state index is -0.188. The summed E-state index contributed by atoms with van der Waals surface area (Å²) in [5.74, 6) is 0.788. The van der Waals surface area contributed by atoms with Crippen LogP contribution in [0.4, 0.5) is 4.39 Å². The number of rotatable bonds is 6. The van der Waals surface area contributed by atoms with E-state index in [2.05, 4.69) is 21.2 Å². The monoisotopic (exact) mass is 313 g/mol. The molecule has 1 N–H and O–H groups in total. The van der Waals surface area contributed by atoms with Gasteiger partial charge in [0.2, 0.25) is 0 Å². The molecule has 0 heterocycles. The van der Waals surface area contributed by atoms with Gasteiger partial charge in [0.25, 0.3) is 0 Å². The van der Waals surface area contributed by atoms with Crippen LogP contribution in [0.15, 0.2) is 22.7 Å². The Morgan fingerprint density at radius 1 is 1.28 bits per heavy atom. The van der Waals surface area contributed by atoms with Gasteiger partial charge in [0.15, 0.2) is 0 Å². The van der Waals surface area contributed by atoms with Gasteiger partial charge in [0, 0.05) is 11.0 Å². The molecule has 18 heavy (non-hydrogen) atoms. The fourth-order valence-corrected chi connectivity index (χ4v) is 3.19. The Labute approximate surface area is 117 Å². The van der Waals surface area contributed by atoms with Gasteiger partial charge in [0.05, 0.1) is 0 Å². The van der Waals surface area contributed by atoms with Crippen molar-refractivity contribution in [2.75, 3.05) is 6.54 Å². The maximum atomic E-state index is 12.9. The molecular formula is C15H21BrFN. The maximum Gasteiger partial charge on any atom is 0.124 e. The first kappa shape index (κ1) is 14.0. The molecule has 0 unspecified atom stereocenters. The summed E-state index contributed by atoms with van der Waals surface area (Å²) in [7, 11) is 0. The van der Waals surface area contributed by atoms with Gasteiger partial charge in [0.1, 0.15) is 5.82 Å². The molecule has 1 nitrogen and oxygen atoms in total. The Balaban J connectivity index is 1.62. The SMILES string of the molecule is Fc1ccc(CNCCCC2CCCC2)c(Br)c1. The van der Waals surface area contributed by atoms with Gasteiger partial charge in [-0.25, -0.2) is 4.39 Å². The van der Waals surface area contributed by atoms with Gasteiger partial charge in [-0.15, -0.1) is 0 Å². The van der Waals surface area contributed by atoms with Crippen molar-refractivity contribution in [2.24, 2.45) is 5.92 Å². The van der Waals surface area contributed by atoms with Crippen molar-refractivity contribution in [2.45, 2.75) is 45.1 Å². The predicted octanol–water partition coefficient (Wildman–Crippen LogP) is 4.65. The van der Waals surface area contributed by atoms with E-state index in [1.54, 1.807) is 0 Å². The first-order chi connectivity index (χ1) is 8.75. The lowest BCUT2D eigenvalue weighted by molar-refractivity contribution is 0.470. The number of halogens is 2. The molecule has 0 amide bonds. The van der Waals surface area contributed by atoms with Gasteiger partial charge >= 0.3 is 0 Å². The Kier molecular flexibility index (Phi) is 5.64. The van der Waals surface area contributed by atoms with Crippen molar-refractivity contribution in [1.29, 1.82) is 0 Å². The van der Waals surface area contributed by atoms with Crippen molar-refractivity contribution in [1.82, 2.24) is 5.32 Å². The summed E-state index contributed by atoms with van der Waals surface area (Å²) >= 11 is 3.39. The summed E-state index contributed by atoms with van der Waals surface area (Å²) in [5.41, 5.74) is 1.12. The molecule has 100 valence electrons. The molecule has 0 radical (unpaired) electrons. The van der Waals surface area contributed by atoms with E-state index in [4.69, 9.17) is 0 Å². The average molecular weight is 314 g/mol. The molecule has 1 aliphatic carbocycles. The molecule has 0 aliphatic heterocycles. The van der Waals surface area contributed by atoms with Crippen molar-refractivity contribution < 1.29 is 4.39 Å². The lowest BCUT2D eigenvalue weighted by Gasteiger charge is -2.10. The number of hydrogen-bond acceptors (Lipinski definition) is 1. The van der Waals surface area contributed by atoms with E-state index in [1.165, 1.54) is 50.7 Å². The smallest absolute Gasteiger partial charge is 0.124 e. The van der Waals surface area contributed by atoms with Gasteiger partial charge in [-0.3, -0.25) is 0 Å². The number of hydrogen-bond donors (Lipinski definition) is 1. The van der Waals surface area contributed by atoms with Crippen LogP contribution in [0.2, 0.25) is 0 Å². The fraction of sp³-hybridized carbons (Fsp3) is 0.600. The van der Waals surface area contributed by atoms with Crippen LogP contribution in [0.5, 0.6) is 0 Å². The van der Waals surface area contributed by atoms with E-state index in [9.17, 15) is 4.39 Å². The van der Waals surface area contributed by atoms with Crippen LogP contribution in [-0.2, 0) is 6.54 Å². The van der Waals surface area contributed by atoms with Gasteiger partial charge < -0.3 is 5.32 Å². The van der Waals surface area contributed by atoms with Gasteiger partial charge in [-0.1, -0.05) is 47.7 Å². The van der Waals surface area contributed by atoms with E-state index in [0.29, 0.717) is 0 Å². The van der Waals surface area contributed by atoms with Crippen LogP contribution in [0, 0.1) is 11.7 Å².